The summed E-state index contributed by atoms with van der Waals surface area (Å²) in [5.74, 6) is 1.05. The maximum atomic E-state index is 13.5. The molecule has 0 aliphatic heterocycles. The van der Waals surface area contributed by atoms with Gasteiger partial charge in [-0.25, -0.2) is 9.07 Å². The Morgan fingerprint density at radius 3 is 2.53 bits per heavy atom. The van der Waals surface area contributed by atoms with E-state index in [1.54, 1.807) is 30.0 Å². The van der Waals surface area contributed by atoms with Crippen LogP contribution in [0.3, 0.4) is 0 Å². The topological polar surface area (TPSA) is 88.9 Å². The third-order valence-electron chi connectivity index (χ3n) is 5.99. The van der Waals surface area contributed by atoms with Crippen molar-refractivity contribution in [1.82, 2.24) is 30.1 Å². The smallest absolute Gasteiger partial charge is 0.252 e. The van der Waals surface area contributed by atoms with E-state index in [0.717, 1.165) is 16.5 Å². The van der Waals surface area contributed by atoms with Crippen LogP contribution in [0.2, 0.25) is 0 Å². The van der Waals surface area contributed by atoms with Crippen molar-refractivity contribution in [3.63, 3.8) is 0 Å². The molecule has 0 radical (unpaired) electrons. The SMILES string of the molecule is COc1ccc2cc(CN(Cc3ccc(F)cc3)Cc3nnnn3Cc3ccccc3)c(=O)[nH]c2c1. The lowest BCUT2D eigenvalue weighted by Crippen LogP contribution is -2.28. The molecule has 0 saturated heterocycles. The van der Waals surface area contributed by atoms with Crippen LogP contribution >= 0.6 is 0 Å². The van der Waals surface area contributed by atoms with Gasteiger partial charge in [-0.05, 0) is 57.3 Å². The molecule has 182 valence electrons. The molecule has 0 aliphatic rings. The number of tetrazole rings is 1. The molecule has 1 N–H and O–H groups in total. The molecule has 0 unspecified atom stereocenters. The Morgan fingerprint density at radius 1 is 0.944 bits per heavy atom. The van der Waals surface area contributed by atoms with E-state index in [9.17, 15) is 9.18 Å². The number of benzene rings is 3. The van der Waals surface area contributed by atoms with Gasteiger partial charge in [0.2, 0.25) is 0 Å². The zero-order chi connectivity index (χ0) is 24.9. The van der Waals surface area contributed by atoms with Gasteiger partial charge in [0.05, 0.1) is 25.7 Å². The van der Waals surface area contributed by atoms with Crippen molar-refractivity contribution in [1.29, 1.82) is 0 Å². The third kappa shape index (κ3) is 5.47. The van der Waals surface area contributed by atoms with Crippen LogP contribution in [-0.4, -0.2) is 37.2 Å². The monoisotopic (exact) mass is 484 g/mol. The second-order valence-corrected chi connectivity index (χ2v) is 8.59. The van der Waals surface area contributed by atoms with Gasteiger partial charge < -0.3 is 9.72 Å². The second kappa shape index (κ2) is 10.5. The summed E-state index contributed by atoms with van der Waals surface area (Å²) < 4.78 is 20.5. The molecule has 5 rings (SSSR count). The van der Waals surface area contributed by atoms with Crippen molar-refractivity contribution in [2.75, 3.05) is 7.11 Å². The molecular formula is C27H25FN6O2. The van der Waals surface area contributed by atoms with Crippen LogP contribution < -0.4 is 10.3 Å². The fourth-order valence-corrected chi connectivity index (χ4v) is 4.14. The molecule has 9 heteroatoms. The van der Waals surface area contributed by atoms with Crippen molar-refractivity contribution in [3.05, 3.63) is 118 Å². The largest absolute Gasteiger partial charge is 0.497 e. The van der Waals surface area contributed by atoms with Crippen LogP contribution in [0.1, 0.15) is 22.5 Å². The number of H-pyrrole nitrogens is 1. The highest BCUT2D eigenvalue weighted by molar-refractivity contribution is 5.80. The molecule has 0 bridgehead atoms. The maximum Gasteiger partial charge on any atom is 0.252 e. The van der Waals surface area contributed by atoms with Gasteiger partial charge in [0.1, 0.15) is 11.6 Å². The molecule has 2 heterocycles. The van der Waals surface area contributed by atoms with E-state index in [0.29, 0.717) is 48.8 Å². The van der Waals surface area contributed by atoms with Gasteiger partial charge in [-0.3, -0.25) is 9.69 Å². The van der Waals surface area contributed by atoms with Crippen molar-refractivity contribution in [3.8, 4) is 5.75 Å². The summed E-state index contributed by atoms with van der Waals surface area (Å²) in [4.78, 5) is 18.0. The van der Waals surface area contributed by atoms with E-state index in [4.69, 9.17) is 4.74 Å². The van der Waals surface area contributed by atoms with Crippen molar-refractivity contribution < 1.29 is 9.13 Å². The third-order valence-corrected chi connectivity index (χ3v) is 5.99. The van der Waals surface area contributed by atoms with Crippen molar-refractivity contribution >= 4 is 10.9 Å². The van der Waals surface area contributed by atoms with Gasteiger partial charge in [0, 0.05) is 24.7 Å². The first-order valence-corrected chi connectivity index (χ1v) is 11.5. The lowest BCUT2D eigenvalue weighted by molar-refractivity contribution is 0.236. The number of fused-ring (bicyclic) bond motifs is 1. The van der Waals surface area contributed by atoms with Gasteiger partial charge in [-0.2, -0.15) is 0 Å². The number of pyridine rings is 1. The van der Waals surface area contributed by atoms with Crippen LogP contribution in [0.25, 0.3) is 10.9 Å². The van der Waals surface area contributed by atoms with Gasteiger partial charge in [-0.1, -0.05) is 42.5 Å². The molecule has 36 heavy (non-hydrogen) atoms. The zero-order valence-electron chi connectivity index (χ0n) is 19.8. The second-order valence-electron chi connectivity index (χ2n) is 8.59. The number of hydrogen-bond donors (Lipinski definition) is 1. The number of nitrogens with one attached hydrogen (secondary N) is 1. The van der Waals surface area contributed by atoms with E-state index in [2.05, 4.69) is 25.4 Å². The minimum atomic E-state index is -0.293. The van der Waals surface area contributed by atoms with Crippen LogP contribution in [0, 0.1) is 5.82 Å². The van der Waals surface area contributed by atoms with E-state index < -0.39 is 0 Å². The number of ether oxygens (including phenoxy) is 1. The predicted octanol–water partition coefficient (Wildman–Crippen LogP) is 3.91. The van der Waals surface area contributed by atoms with Crippen LogP contribution in [0.4, 0.5) is 4.39 Å². The summed E-state index contributed by atoms with van der Waals surface area (Å²) in [6.45, 7) is 1.77. The number of hydrogen-bond acceptors (Lipinski definition) is 6. The fraction of sp³-hybridized carbons (Fsp3) is 0.185. The quantitative estimate of drug-likeness (QED) is 0.341. The number of aromatic amines is 1. The van der Waals surface area contributed by atoms with Crippen molar-refractivity contribution in [2.24, 2.45) is 0 Å². The number of methoxy groups -OCH3 is 1. The van der Waals surface area contributed by atoms with Crippen LogP contribution in [-0.2, 0) is 26.2 Å². The van der Waals surface area contributed by atoms with Crippen molar-refractivity contribution in [2.45, 2.75) is 26.2 Å². The molecule has 5 aromatic rings. The van der Waals surface area contributed by atoms with E-state index in [-0.39, 0.29) is 11.4 Å². The number of nitrogens with zero attached hydrogens (tertiary/aromatic N) is 5. The number of halogens is 1. The summed E-state index contributed by atoms with van der Waals surface area (Å²) >= 11 is 0. The molecule has 8 nitrogen and oxygen atoms in total. The van der Waals surface area contributed by atoms with Gasteiger partial charge in [0.25, 0.3) is 5.56 Å². The molecule has 0 amide bonds. The lowest BCUT2D eigenvalue weighted by Gasteiger charge is -2.22. The average Bonchev–Trinajstić information content (AvgIpc) is 3.32. The summed E-state index contributed by atoms with van der Waals surface area (Å²) in [7, 11) is 1.59. The maximum absolute atomic E-state index is 13.5. The summed E-state index contributed by atoms with van der Waals surface area (Å²) in [5, 5.41) is 13.2. The first kappa shape index (κ1) is 23.4. The van der Waals surface area contributed by atoms with Gasteiger partial charge >= 0.3 is 0 Å². The van der Waals surface area contributed by atoms with Gasteiger partial charge in [-0.15, -0.1) is 5.10 Å². The average molecular weight is 485 g/mol. The molecular weight excluding hydrogens is 459 g/mol. The predicted molar refractivity (Wildman–Crippen MR) is 134 cm³/mol. The van der Waals surface area contributed by atoms with Gasteiger partial charge in [0.15, 0.2) is 5.82 Å². The molecule has 0 saturated carbocycles. The number of rotatable bonds is 9. The first-order valence-electron chi connectivity index (χ1n) is 11.5. The Balaban J connectivity index is 1.44. The summed E-state index contributed by atoms with van der Waals surface area (Å²) in [6, 6.07) is 23.8. The Kier molecular flexibility index (Phi) is 6.81. The highest BCUT2D eigenvalue weighted by Crippen LogP contribution is 2.20. The Bertz CT molecular complexity index is 1520. The Labute approximate surface area is 207 Å². The van der Waals surface area contributed by atoms with E-state index in [1.807, 2.05) is 48.5 Å². The molecule has 2 aromatic heterocycles. The first-order chi connectivity index (χ1) is 17.6. The fourth-order valence-electron chi connectivity index (χ4n) is 4.14. The lowest BCUT2D eigenvalue weighted by atomic mass is 10.1. The summed E-state index contributed by atoms with van der Waals surface area (Å²) in [5.41, 5.74) is 3.14. The molecule has 0 atom stereocenters. The minimum Gasteiger partial charge on any atom is -0.497 e. The normalized spacial score (nSPS) is 11.3. The number of aromatic nitrogens is 5. The molecule has 0 aliphatic carbocycles. The van der Waals surface area contributed by atoms with Crippen LogP contribution in [0.15, 0.2) is 83.7 Å². The summed E-state index contributed by atoms with van der Waals surface area (Å²) in [6.07, 6.45) is 0. The van der Waals surface area contributed by atoms with Crippen LogP contribution in [0.5, 0.6) is 5.75 Å². The Hall–Kier alpha value is -4.37. The van der Waals surface area contributed by atoms with E-state index in [1.165, 1.54) is 12.1 Å². The van der Waals surface area contributed by atoms with E-state index >= 15 is 0 Å². The Morgan fingerprint density at radius 2 is 1.75 bits per heavy atom. The molecule has 0 fully saturated rings. The standard InChI is InChI=1S/C27H25FN6O2/c1-36-24-12-9-21-13-22(27(35)29-25(21)14-24)17-33(15-20-7-10-23(28)11-8-20)18-26-30-31-32-34(26)16-19-5-3-2-4-6-19/h2-14H,15-18H2,1H3,(H,29,35). The molecule has 0 spiro atoms. The minimum absolute atomic E-state index is 0.177. The highest BCUT2D eigenvalue weighted by Gasteiger charge is 2.16. The highest BCUT2D eigenvalue weighted by atomic mass is 19.1. The zero-order valence-corrected chi connectivity index (χ0v) is 19.8. The molecule has 3 aromatic carbocycles.